The third kappa shape index (κ3) is 4.29. The molecule has 0 aliphatic heterocycles. The molecule has 0 saturated carbocycles. The van der Waals surface area contributed by atoms with Gasteiger partial charge >= 0.3 is 0 Å². The summed E-state index contributed by atoms with van der Waals surface area (Å²) in [6, 6.07) is 13.1. The van der Waals surface area contributed by atoms with E-state index in [1.54, 1.807) is 23.1 Å². The highest BCUT2D eigenvalue weighted by Gasteiger charge is 2.45. The van der Waals surface area contributed by atoms with Crippen molar-refractivity contribution in [3.63, 3.8) is 0 Å². The summed E-state index contributed by atoms with van der Waals surface area (Å²) < 4.78 is 30.7. The molecule has 0 aliphatic carbocycles. The molecule has 0 fully saturated rings. The molecular formula is C25H23F2N5S. The van der Waals surface area contributed by atoms with Gasteiger partial charge in [0, 0.05) is 28.3 Å². The Balaban J connectivity index is 1.81. The number of aromatic nitrogens is 4. The van der Waals surface area contributed by atoms with Crippen LogP contribution in [0.25, 0.3) is 11.3 Å². The quantitative estimate of drug-likeness (QED) is 0.340. The minimum Gasteiger partial charge on any atom is -0.252 e. The molecule has 0 spiro atoms. The maximum atomic E-state index is 15.2. The van der Waals surface area contributed by atoms with Gasteiger partial charge in [0.15, 0.2) is 0 Å². The summed E-state index contributed by atoms with van der Waals surface area (Å²) >= 11 is 1.51. The fourth-order valence-corrected chi connectivity index (χ4v) is 5.44. The highest BCUT2D eigenvalue weighted by atomic mass is 32.1. The van der Waals surface area contributed by atoms with E-state index >= 15 is 4.39 Å². The highest BCUT2D eigenvalue weighted by molar-refractivity contribution is 7.10. The van der Waals surface area contributed by atoms with Gasteiger partial charge in [-0.25, -0.2) is 18.7 Å². The Bertz CT molecular complexity index is 1280. The summed E-state index contributed by atoms with van der Waals surface area (Å²) in [6.45, 7) is 6.46. The number of nitrogens with zero attached hydrogens (tertiary/aromatic N) is 5. The summed E-state index contributed by atoms with van der Waals surface area (Å²) in [5.41, 5.74) is 1.95. The third-order valence-corrected chi connectivity index (χ3v) is 7.36. The monoisotopic (exact) mass is 463 g/mol. The summed E-state index contributed by atoms with van der Waals surface area (Å²) in [7, 11) is 0. The molecule has 4 rings (SSSR count). The summed E-state index contributed by atoms with van der Waals surface area (Å²) in [5, 5.41) is 16.1. The van der Waals surface area contributed by atoms with E-state index in [1.165, 1.54) is 29.8 Å². The van der Waals surface area contributed by atoms with Gasteiger partial charge in [0.05, 0.1) is 28.9 Å². The van der Waals surface area contributed by atoms with Crippen molar-refractivity contribution in [2.24, 2.45) is 5.92 Å². The molecule has 0 unspecified atom stereocenters. The highest BCUT2D eigenvalue weighted by Crippen LogP contribution is 2.48. The van der Waals surface area contributed by atoms with Crippen LogP contribution in [0.1, 0.15) is 42.8 Å². The normalized spacial score (nSPS) is 14.1. The van der Waals surface area contributed by atoms with Crippen molar-refractivity contribution < 1.29 is 8.78 Å². The minimum atomic E-state index is -0.759. The number of thiazole rings is 1. The number of halogens is 2. The molecular weight excluding hydrogens is 440 g/mol. The van der Waals surface area contributed by atoms with Gasteiger partial charge in [-0.15, -0.1) is 11.3 Å². The molecule has 2 aromatic heterocycles. The first kappa shape index (κ1) is 22.7. The average Bonchev–Trinajstić information content (AvgIpc) is 3.49. The number of rotatable bonds is 7. The van der Waals surface area contributed by atoms with E-state index in [4.69, 9.17) is 10.2 Å². The van der Waals surface area contributed by atoms with E-state index in [2.05, 4.69) is 16.2 Å². The molecule has 33 heavy (non-hydrogen) atoms. The first-order valence-electron chi connectivity index (χ1n) is 10.6. The Kier molecular flexibility index (Phi) is 6.34. The van der Waals surface area contributed by atoms with E-state index in [-0.39, 0.29) is 11.8 Å². The van der Waals surface area contributed by atoms with Crippen LogP contribution in [-0.2, 0) is 12.0 Å². The summed E-state index contributed by atoms with van der Waals surface area (Å²) in [6.07, 6.45) is 3.05. The van der Waals surface area contributed by atoms with Gasteiger partial charge in [-0.3, -0.25) is 4.68 Å². The Labute approximate surface area is 195 Å². The van der Waals surface area contributed by atoms with Gasteiger partial charge in [-0.05, 0) is 29.7 Å². The van der Waals surface area contributed by atoms with Crippen LogP contribution in [-0.4, -0.2) is 19.7 Å². The topological polar surface area (TPSA) is 67.4 Å². The van der Waals surface area contributed by atoms with Crippen LogP contribution in [0.15, 0.2) is 60.5 Å². The predicted octanol–water partition coefficient (Wildman–Crippen LogP) is 5.95. The maximum Gasteiger partial charge on any atom is 0.137 e. The largest absolute Gasteiger partial charge is 0.252 e. The van der Waals surface area contributed by atoms with Crippen LogP contribution >= 0.6 is 11.3 Å². The second-order valence-electron chi connectivity index (χ2n) is 8.39. The Morgan fingerprint density at radius 3 is 2.48 bits per heavy atom. The Morgan fingerprint density at radius 2 is 1.88 bits per heavy atom. The fourth-order valence-electron chi connectivity index (χ4n) is 4.45. The van der Waals surface area contributed by atoms with Crippen molar-refractivity contribution in [1.82, 2.24) is 19.7 Å². The standard InChI is InChI=1S/C25H23F2N5S/c1-16(2)25(13-32-15-29-14-30-32,21-9-8-20(26)10-22(21)27)17(3)24-31-23(12-33-24)19-6-4-18(11-28)5-7-19/h4-10,12,14-17H,13H2,1-3H3/t17-,25+/m0/s1. The maximum absolute atomic E-state index is 15.2. The summed E-state index contributed by atoms with van der Waals surface area (Å²) in [5.74, 6) is -1.43. The molecule has 0 amide bonds. The van der Waals surface area contributed by atoms with Crippen molar-refractivity contribution >= 4 is 11.3 Å². The van der Waals surface area contributed by atoms with Crippen LogP contribution in [0.4, 0.5) is 8.78 Å². The van der Waals surface area contributed by atoms with Crippen molar-refractivity contribution in [1.29, 1.82) is 5.26 Å². The van der Waals surface area contributed by atoms with E-state index in [0.717, 1.165) is 22.3 Å². The first-order valence-corrected chi connectivity index (χ1v) is 11.5. The van der Waals surface area contributed by atoms with Crippen LogP contribution < -0.4 is 0 Å². The van der Waals surface area contributed by atoms with Gasteiger partial charge in [-0.1, -0.05) is 39.0 Å². The van der Waals surface area contributed by atoms with Crippen molar-refractivity contribution in [3.8, 4) is 17.3 Å². The number of nitriles is 1. The lowest BCUT2D eigenvalue weighted by atomic mass is 9.63. The van der Waals surface area contributed by atoms with E-state index in [9.17, 15) is 4.39 Å². The van der Waals surface area contributed by atoms with Gasteiger partial charge in [0.1, 0.15) is 24.3 Å². The SMILES string of the molecule is CC(C)[C@@](Cn1cncn1)(c1ccc(F)cc1F)[C@@H](C)c1nc(-c2ccc(C#N)cc2)cs1. The zero-order chi connectivity index (χ0) is 23.6. The molecule has 0 bridgehead atoms. The molecule has 0 radical (unpaired) electrons. The molecule has 8 heteroatoms. The summed E-state index contributed by atoms with van der Waals surface area (Å²) in [4.78, 5) is 8.93. The number of hydrogen-bond acceptors (Lipinski definition) is 5. The Hall–Kier alpha value is -3.44. The van der Waals surface area contributed by atoms with E-state index in [0.29, 0.717) is 17.7 Å². The molecule has 5 nitrogen and oxygen atoms in total. The van der Waals surface area contributed by atoms with Crippen LogP contribution in [0.5, 0.6) is 0 Å². The smallest absolute Gasteiger partial charge is 0.137 e. The molecule has 0 aliphatic rings. The van der Waals surface area contributed by atoms with E-state index in [1.807, 2.05) is 38.3 Å². The number of hydrogen-bond donors (Lipinski definition) is 0. The Morgan fingerprint density at radius 1 is 1.12 bits per heavy atom. The number of benzene rings is 2. The van der Waals surface area contributed by atoms with Crippen molar-refractivity contribution in [2.75, 3.05) is 0 Å². The van der Waals surface area contributed by atoms with Gasteiger partial charge in [-0.2, -0.15) is 10.4 Å². The van der Waals surface area contributed by atoms with Gasteiger partial charge in [0.25, 0.3) is 0 Å². The lowest BCUT2D eigenvalue weighted by molar-refractivity contribution is 0.205. The zero-order valence-corrected chi connectivity index (χ0v) is 19.4. The molecule has 2 heterocycles. The average molecular weight is 464 g/mol. The second-order valence-corrected chi connectivity index (χ2v) is 9.28. The molecule has 0 saturated heterocycles. The molecule has 168 valence electrons. The fraction of sp³-hybridized carbons (Fsp3) is 0.280. The molecule has 2 aromatic carbocycles. The molecule has 2 atom stereocenters. The third-order valence-electron chi connectivity index (χ3n) is 6.33. The van der Waals surface area contributed by atoms with Crippen molar-refractivity contribution in [2.45, 2.75) is 38.6 Å². The molecule has 0 N–H and O–H groups in total. The molecule has 4 aromatic rings. The second kappa shape index (κ2) is 9.20. The first-order chi connectivity index (χ1) is 15.8. The zero-order valence-electron chi connectivity index (χ0n) is 18.5. The van der Waals surface area contributed by atoms with Gasteiger partial charge in [0.2, 0.25) is 0 Å². The van der Waals surface area contributed by atoms with Crippen molar-refractivity contribution in [3.05, 3.63) is 88.3 Å². The van der Waals surface area contributed by atoms with E-state index < -0.39 is 17.0 Å². The minimum absolute atomic E-state index is 0.0288. The lowest BCUT2D eigenvalue weighted by Gasteiger charge is -2.42. The van der Waals surface area contributed by atoms with Gasteiger partial charge < -0.3 is 0 Å². The van der Waals surface area contributed by atoms with Crippen LogP contribution in [0, 0.1) is 28.9 Å². The lowest BCUT2D eigenvalue weighted by Crippen LogP contribution is -2.43. The van der Waals surface area contributed by atoms with Crippen LogP contribution in [0.3, 0.4) is 0 Å². The predicted molar refractivity (Wildman–Crippen MR) is 124 cm³/mol. The van der Waals surface area contributed by atoms with Crippen LogP contribution in [0.2, 0.25) is 0 Å².